The number of alkyl halides is 3. The van der Waals surface area contributed by atoms with Crippen LogP contribution in [0, 0.1) is 0 Å². The van der Waals surface area contributed by atoms with Crippen LogP contribution in [-0.4, -0.2) is 36.9 Å². The number of fused-ring (bicyclic) bond motifs is 1. The van der Waals surface area contributed by atoms with Crippen LogP contribution in [0.4, 0.5) is 18.9 Å². The molecule has 0 spiro atoms. The van der Waals surface area contributed by atoms with Crippen LogP contribution in [-0.2, 0) is 15.8 Å². The molecule has 2 amide bonds. The molecule has 1 atom stereocenters. The van der Waals surface area contributed by atoms with Crippen molar-refractivity contribution in [3.63, 3.8) is 0 Å². The molecule has 0 aliphatic carbocycles. The highest BCUT2D eigenvalue weighted by molar-refractivity contribution is 6.31. The second-order valence-electron chi connectivity index (χ2n) is 7.81. The van der Waals surface area contributed by atoms with E-state index in [0.29, 0.717) is 0 Å². The molecular formula is C24H23ClF3N3O2. The SMILES string of the molecule is C[C@@H](NC(=O)CN(C)CC(=O)Nc1ccc(Cl)c(C(F)(F)F)c1)c1ccc2ccccc2c1. The summed E-state index contributed by atoms with van der Waals surface area (Å²) in [5.41, 5.74) is -0.109. The second kappa shape index (κ2) is 10.2. The van der Waals surface area contributed by atoms with Gasteiger partial charge in [-0.15, -0.1) is 0 Å². The highest BCUT2D eigenvalue weighted by Gasteiger charge is 2.33. The first kappa shape index (κ1) is 24.5. The monoisotopic (exact) mass is 477 g/mol. The predicted octanol–water partition coefficient (Wildman–Crippen LogP) is 5.26. The molecule has 9 heteroatoms. The van der Waals surface area contributed by atoms with Crippen molar-refractivity contribution < 1.29 is 22.8 Å². The molecule has 33 heavy (non-hydrogen) atoms. The van der Waals surface area contributed by atoms with E-state index >= 15 is 0 Å². The van der Waals surface area contributed by atoms with Crippen LogP contribution in [0.3, 0.4) is 0 Å². The molecule has 0 heterocycles. The highest BCUT2D eigenvalue weighted by Crippen LogP contribution is 2.36. The minimum absolute atomic E-state index is 0.0282. The van der Waals surface area contributed by atoms with Gasteiger partial charge in [0.25, 0.3) is 0 Å². The average Bonchev–Trinajstić information content (AvgIpc) is 2.73. The van der Waals surface area contributed by atoms with Gasteiger partial charge in [0, 0.05) is 5.69 Å². The van der Waals surface area contributed by atoms with Crippen LogP contribution in [0.15, 0.2) is 60.7 Å². The van der Waals surface area contributed by atoms with E-state index in [1.807, 2.05) is 49.4 Å². The van der Waals surface area contributed by atoms with Gasteiger partial charge >= 0.3 is 6.18 Å². The van der Waals surface area contributed by atoms with Crippen molar-refractivity contribution in [3.8, 4) is 0 Å². The molecule has 0 saturated carbocycles. The lowest BCUT2D eigenvalue weighted by molar-refractivity contribution is -0.137. The molecule has 0 saturated heterocycles. The number of anilines is 1. The summed E-state index contributed by atoms with van der Waals surface area (Å²) in [6.45, 7) is 1.63. The molecule has 0 bridgehead atoms. The fourth-order valence-corrected chi connectivity index (χ4v) is 3.64. The van der Waals surface area contributed by atoms with Crippen LogP contribution in [0.5, 0.6) is 0 Å². The minimum atomic E-state index is -4.63. The van der Waals surface area contributed by atoms with E-state index in [-0.39, 0.29) is 30.7 Å². The van der Waals surface area contributed by atoms with Gasteiger partial charge in [-0.2, -0.15) is 13.2 Å². The van der Waals surface area contributed by atoms with Crippen molar-refractivity contribution in [2.45, 2.75) is 19.1 Å². The Bertz CT molecular complexity index is 1170. The molecule has 0 aromatic heterocycles. The maximum atomic E-state index is 13.0. The third kappa shape index (κ3) is 6.69. The number of carbonyl (C=O) groups excluding carboxylic acids is 2. The Morgan fingerprint density at radius 1 is 0.970 bits per heavy atom. The number of benzene rings is 3. The maximum absolute atomic E-state index is 13.0. The first-order chi connectivity index (χ1) is 15.5. The molecule has 3 aromatic carbocycles. The van der Waals surface area contributed by atoms with Gasteiger partial charge in [0.2, 0.25) is 11.8 Å². The van der Waals surface area contributed by atoms with Gasteiger partial charge in [-0.1, -0.05) is 48.0 Å². The first-order valence-corrected chi connectivity index (χ1v) is 10.5. The van der Waals surface area contributed by atoms with Crippen molar-refractivity contribution in [2.75, 3.05) is 25.5 Å². The quantitative estimate of drug-likeness (QED) is 0.488. The number of hydrogen-bond acceptors (Lipinski definition) is 3. The van der Waals surface area contributed by atoms with Gasteiger partial charge < -0.3 is 10.6 Å². The van der Waals surface area contributed by atoms with Gasteiger partial charge in [-0.3, -0.25) is 14.5 Å². The van der Waals surface area contributed by atoms with Gasteiger partial charge in [0.1, 0.15) is 0 Å². The largest absolute Gasteiger partial charge is 0.417 e. The molecular weight excluding hydrogens is 455 g/mol. The summed E-state index contributed by atoms with van der Waals surface area (Å²) in [7, 11) is 1.57. The third-order valence-corrected chi connectivity index (χ3v) is 5.36. The molecule has 0 aliphatic rings. The summed E-state index contributed by atoms with van der Waals surface area (Å²) in [5, 5.41) is 7.02. The Morgan fingerprint density at radius 3 is 2.33 bits per heavy atom. The summed E-state index contributed by atoms with van der Waals surface area (Å²) in [4.78, 5) is 26.1. The lowest BCUT2D eigenvalue weighted by atomic mass is 10.0. The summed E-state index contributed by atoms with van der Waals surface area (Å²) < 4.78 is 38.9. The second-order valence-corrected chi connectivity index (χ2v) is 8.22. The summed E-state index contributed by atoms with van der Waals surface area (Å²) >= 11 is 5.59. The van der Waals surface area contributed by atoms with Crippen LogP contribution in [0.2, 0.25) is 5.02 Å². The third-order valence-electron chi connectivity index (χ3n) is 5.03. The normalized spacial score (nSPS) is 12.6. The highest BCUT2D eigenvalue weighted by atomic mass is 35.5. The van der Waals surface area contributed by atoms with Gasteiger partial charge in [-0.05, 0) is 54.6 Å². The van der Waals surface area contributed by atoms with Crippen LogP contribution in [0.1, 0.15) is 24.1 Å². The molecule has 3 aromatic rings. The van der Waals surface area contributed by atoms with Crippen LogP contribution >= 0.6 is 11.6 Å². The Hall–Kier alpha value is -3.10. The average molecular weight is 478 g/mol. The van der Waals surface area contributed by atoms with Gasteiger partial charge in [-0.25, -0.2) is 0 Å². The summed E-state index contributed by atoms with van der Waals surface area (Å²) in [5.74, 6) is -0.833. The van der Waals surface area contributed by atoms with E-state index in [1.54, 1.807) is 7.05 Å². The van der Waals surface area contributed by atoms with E-state index in [1.165, 1.54) is 11.0 Å². The number of rotatable bonds is 7. The number of likely N-dealkylation sites (N-methyl/N-ethyl adjacent to an activating group) is 1. The maximum Gasteiger partial charge on any atom is 0.417 e. The fourth-order valence-electron chi connectivity index (χ4n) is 3.41. The molecule has 3 rings (SSSR count). The number of nitrogens with one attached hydrogen (secondary N) is 2. The van der Waals surface area contributed by atoms with E-state index < -0.39 is 22.7 Å². The van der Waals surface area contributed by atoms with Crippen molar-refractivity contribution >= 4 is 39.9 Å². The summed E-state index contributed by atoms with van der Waals surface area (Å²) in [6, 6.07) is 16.8. The number of carbonyl (C=O) groups is 2. The molecule has 0 fully saturated rings. The fraction of sp³-hybridized carbons (Fsp3) is 0.250. The van der Waals surface area contributed by atoms with Crippen molar-refractivity contribution in [2.24, 2.45) is 0 Å². The molecule has 0 radical (unpaired) electrons. The molecule has 2 N–H and O–H groups in total. The van der Waals surface area contributed by atoms with E-state index in [2.05, 4.69) is 10.6 Å². The van der Waals surface area contributed by atoms with Crippen molar-refractivity contribution in [3.05, 3.63) is 76.8 Å². The molecule has 5 nitrogen and oxygen atoms in total. The van der Waals surface area contributed by atoms with Gasteiger partial charge in [0.15, 0.2) is 0 Å². The molecule has 0 unspecified atom stereocenters. The Labute approximate surface area is 194 Å². The summed E-state index contributed by atoms with van der Waals surface area (Å²) in [6.07, 6.45) is -4.63. The smallest absolute Gasteiger partial charge is 0.348 e. The lowest BCUT2D eigenvalue weighted by Crippen LogP contribution is -2.39. The predicted molar refractivity (Wildman–Crippen MR) is 123 cm³/mol. The van der Waals surface area contributed by atoms with Crippen molar-refractivity contribution in [1.82, 2.24) is 10.2 Å². The number of amides is 2. The van der Waals surface area contributed by atoms with Crippen LogP contribution in [0.25, 0.3) is 10.8 Å². The number of nitrogens with zero attached hydrogens (tertiary/aromatic N) is 1. The molecule has 174 valence electrons. The van der Waals surface area contributed by atoms with E-state index in [0.717, 1.165) is 28.5 Å². The topological polar surface area (TPSA) is 61.4 Å². The Morgan fingerprint density at radius 2 is 1.64 bits per heavy atom. The lowest BCUT2D eigenvalue weighted by Gasteiger charge is -2.19. The molecule has 0 aliphatic heterocycles. The zero-order valence-electron chi connectivity index (χ0n) is 18.0. The van der Waals surface area contributed by atoms with E-state index in [4.69, 9.17) is 11.6 Å². The number of halogens is 4. The zero-order valence-corrected chi connectivity index (χ0v) is 18.8. The Balaban J connectivity index is 1.52. The van der Waals surface area contributed by atoms with Crippen LogP contribution < -0.4 is 10.6 Å². The van der Waals surface area contributed by atoms with Gasteiger partial charge in [0.05, 0.1) is 29.7 Å². The van der Waals surface area contributed by atoms with E-state index in [9.17, 15) is 22.8 Å². The zero-order chi connectivity index (χ0) is 24.2. The minimum Gasteiger partial charge on any atom is -0.348 e. The standard InChI is InChI=1S/C24H23ClF3N3O2/c1-15(17-8-7-16-5-3-4-6-18(16)11-17)29-22(32)13-31(2)14-23(33)30-19-9-10-21(25)20(12-19)24(26,27)28/h3-12,15H,13-14H2,1-2H3,(H,29,32)(H,30,33)/t15-/m1/s1. The number of hydrogen-bond donors (Lipinski definition) is 2. The van der Waals surface area contributed by atoms with Crippen molar-refractivity contribution in [1.29, 1.82) is 0 Å². The first-order valence-electron chi connectivity index (χ1n) is 10.2. The Kier molecular flexibility index (Phi) is 7.61.